The molecule has 0 spiro atoms. The Morgan fingerprint density at radius 1 is 1.47 bits per heavy atom. The second-order valence-corrected chi connectivity index (χ2v) is 4.55. The molecule has 1 rings (SSSR count). The Bertz CT molecular complexity index is 356. The number of aromatic nitrogens is 2. The lowest BCUT2D eigenvalue weighted by Crippen LogP contribution is -2.19. The number of nitrogens with two attached hydrogens (primary N) is 1. The maximum absolute atomic E-state index is 9.36. The maximum atomic E-state index is 9.36. The van der Waals surface area contributed by atoms with Gasteiger partial charge in [0.25, 0.3) is 0 Å². The van der Waals surface area contributed by atoms with Crippen molar-refractivity contribution in [1.29, 1.82) is 5.41 Å². The summed E-state index contributed by atoms with van der Waals surface area (Å²) in [6, 6.07) is 0. The van der Waals surface area contributed by atoms with Crippen molar-refractivity contribution in [3.05, 3.63) is 18.1 Å². The Kier molecular flexibility index (Phi) is 4.05. The molecule has 2 unspecified atom stereocenters. The van der Waals surface area contributed by atoms with Crippen molar-refractivity contribution >= 4 is 17.6 Å². The topological polar surface area (TPSA) is 95.9 Å². The quantitative estimate of drug-likeness (QED) is 0.397. The highest BCUT2D eigenvalue weighted by Gasteiger charge is 2.15. The average molecular weight is 226 g/mol. The Balaban J connectivity index is 2.89. The van der Waals surface area contributed by atoms with Gasteiger partial charge in [-0.25, -0.2) is 9.97 Å². The number of aliphatic hydroxyl groups excluding tert-OH is 1. The SMILES string of the molecule is CC(O)C(C)Sc1nccnc1C(=N)N. The second kappa shape index (κ2) is 5.09. The fourth-order valence-electron chi connectivity index (χ4n) is 0.871. The number of nitrogens with one attached hydrogen (secondary N) is 1. The first-order valence-electron chi connectivity index (χ1n) is 4.52. The molecule has 1 heterocycles. The van der Waals surface area contributed by atoms with Gasteiger partial charge in [-0.05, 0) is 6.92 Å². The summed E-state index contributed by atoms with van der Waals surface area (Å²) < 4.78 is 0. The molecule has 5 nitrogen and oxygen atoms in total. The Labute approximate surface area is 92.6 Å². The van der Waals surface area contributed by atoms with Gasteiger partial charge in [-0.1, -0.05) is 18.7 Å². The van der Waals surface area contributed by atoms with Gasteiger partial charge in [-0.15, -0.1) is 0 Å². The molecule has 0 fully saturated rings. The molecule has 0 bridgehead atoms. The van der Waals surface area contributed by atoms with E-state index in [2.05, 4.69) is 9.97 Å². The van der Waals surface area contributed by atoms with E-state index in [1.54, 1.807) is 13.1 Å². The molecule has 6 heteroatoms. The van der Waals surface area contributed by atoms with E-state index in [-0.39, 0.29) is 11.1 Å². The third-order valence-corrected chi connectivity index (χ3v) is 3.18. The van der Waals surface area contributed by atoms with Crippen LogP contribution in [0.5, 0.6) is 0 Å². The Hall–Kier alpha value is -1.14. The highest BCUT2D eigenvalue weighted by molar-refractivity contribution is 8.00. The zero-order valence-electron chi connectivity index (χ0n) is 8.64. The molecule has 0 aliphatic heterocycles. The minimum atomic E-state index is -0.447. The summed E-state index contributed by atoms with van der Waals surface area (Å²) in [7, 11) is 0. The summed E-state index contributed by atoms with van der Waals surface area (Å²) in [4.78, 5) is 8.07. The first-order chi connectivity index (χ1) is 7.02. The summed E-state index contributed by atoms with van der Waals surface area (Å²) in [5.74, 6) is -0.108. The molecule has 0 radical (unpaired) electrons. The number of hydrogen-bond donors (Lipinski definition) is 3. The summed E-state index contributed by atoms with van der Waals surface area (Å²) in [6.07, 6.45) is 2.59. The molecule has 82 valence electrons. The summed E-state index contributed by atoms with van der Waals surface area (Å²) >= 11 is 1.36. The second-order valence-electron chi connectivity index (χ2n) is 3.19. The van der Waals surface area contributed by atoms with Crippen LogP contribution < -0.4 is 5.73 Å². The van der Waals surface area contributed by atoms with Crippen LogP contribution in [0.15, 0.2) is 17.4 Å². The fourth-order valence-corrected chi connectivity index (χ4v) is 1.82. The lowest BCUT2D eigenvalue weighted by atomic mass is 10.3. The van der Waals surface area contributed by atoms with Gasteiger partial charge < -0.3 is 10.8 Å². The van der Waals surface area contributed by atoms with Crippen LogP contribution in [0.2, 0.25) is 0 Å². The Morgan fingerprint density at radius 2 is 2.07 bits per heavy atom. The molecule has 4 N–H and O–H groups in total. The molecule has 1 aromatic rings. The predicted octanol–water partition coefficient (Wildman–Crippen LogP) is 0.622. The monoisotopic (exact) mass is 226 g/mol. The van der Waals surface area contributed by atoms with E-state index in [4.69, 9.17) is 11.1 Å². The van der Waals surface area contributed by atoms with E-state index in [0.717, 1.165) is 0 Å². The minimum absolute atomic E-state index is 0.0141. The lowest BCUT2D eigenvalue weighted by molar-refractivity contribution is 0.196. The van der Waals surface area contributed by atoms with Crippen molar-refractivity contribution in [2.24, 2.45) is 5.73 Å². The zero-order chi connectivity index (χ0) is 11.4. The van der Waals surface area contributed by atoms with Crippen molar-refractivity contribution in [2.75, 3.05) is 0 Å². The number of rotatable bonds is 4. The third-order valence-electron chi connectivity index (χ3n) is 1.90. The molecular formula is C9H14N4OS. The van der Waals surface area contributed by atoms with E-state index in [1.165, 1.54) is 18.0 Å². The Morgan fingerprint density at radius 3 is 2.60 bits per heavy atom. The van der Waals surface area contributed by atoms with Crippen LogP contribution >= 0.6 is 11.8 Å². The zero-order valence-corrected chi connectivity index (χ0v) is 9.45. The van der Waals surface area contributed by atoms with Crippen LogP contribution in [0.1, 0.15) is 19.5 Å². The molecule has 0 saturated heterocycles. The average Bonchev–Trinajstić information content (AvgIpc) is 2.18. The number of hydrogen-bond acceptors (Lipinski definition) is 5. The summed E-state index contributed by atoms with van der Waals surface area (Å²) in [6.45, 7) is 3.59. The lowest BCUT2D eigenvalue weighted by Gasteiger charge is -2.14. The van der Waals surface area contributed by atoms with E-state index in [9.17, 15) is 5.11 Å². The molecule has 15 heavy (non-hydrogen) atoms. The van der Waals surface area contributed by atoms with Crippen molar-refractivity contribution in [1.82, 2.24) is 9.97 Å². The van der Waals surface area contributed by atoms with Gasteiger partial charge in [-0.2, -0.15) is 0 Å². The van der Waals surface area contributed by atoms with E-state index in [1.807, 2.05) is 6.92 Å². The predicted molar refractivity (Wildman–Crippen MR) is 60.0 cm³/mol. The van der Waals surface area contributed by atoms with E-state index >= 15 is 0 Å². The normalized spacial score (nSPS) is 14.6. The van der Waals surface area contributed by atoms with Crippen LogP contribution in [0.25, 0.3) is 0 Å². The van der Waals surface area contributed by atoms with Gasteiger partial charge in [0.05, 0.1) is 6.10 Å². The fraction of sp³-hybridized carbons (Fsp3) is 0.444. The van der Waals surface area contributed by atoms with Gasteiger partial charge in [0.1, 0.15) is 16.6 Å². The van der Waals surface area contributed by atoms with Crippen LogP contribution in [0, 0.1) is 5.41 Å². The minimum Gasteiger partial charge on any atom is -0.392 e. The van der Waals surface area contributed by atoms with Crippen LogP contribution in [0.4, 0.5) is 0 Å². The highest BCUT2D eigenvalue weighted by Crippen LogP contribution is 2.24. The summed E-state index contributed by atoms with van der Waals surface area (Å²) in [5, 5.41) is 17.3. The van der Waals surface area contributed by atoms with E-state index in [0.29, 0.717) is 10.7 Å². The molecule has 2 atom stereocenters. The number of thioether (sulfide) groups is 1. The van der Waals surface area contributed by atoms with Gasteiger partial charge in [0.2, 0.25) is 0 Å². The first kappa shape index (κ1) is 11.9. The molecule has 0 aromatic carbocycles. The molecule has 0 aliphatic carbocycles. The molecular weight excluding hydrogens is 212 g/mol. The van der Waals surface area contributed by atoms with Crippen molar-refractivity contribution in [3.63, 3.8) is 0 Å². The number of aliphatic hydroxyl groups is 1. The molecule has 0 saturated carbocycles. The van der Waals surface area contributed by atoms with Gasteiger partial charge in [0, 0.05) is 17.6 Å². The van der Waals surface area contributed by atoms with Gasteiger partial charge >= 0.3 is 0 Å². The number of amidine groups is 1. The van der Waals surface area contributed by atoms with Gasteiger partial charge in [0.15, 0.2) is 0 Å². The van der Waals surface area contributed by atoms with Crippen molar-refractivity contribution in [2.45, 2.75) is 30.2 Å². The maximum Gasteiger partial charge on any atom is 0.144 e. The van der Waals surface area contributed by atoms with Crippen molar-refractivity contribution in [3.8, 4) is 0 Å². The smallest absolute Gasteiger partial charge is 0.144 e. The first-order valence-corrected chi connectivity index (χ1v) is 5.40. The third kappa shape index (κ3) is 3.17. The van der Waals surface area contributed by atoms with Crippen LogP contribution in [0.3, 0.4) is 0 Å². The largest absolute Gasteiger partial charge is 0.392 e. The van der Waals surface area contributed by atoms with Gasteiger partial charge in [-0.3, -0.25) is 5.41 Å². The molecule has 1 aromatic heterocycles. The van der Waals surface area contributed by atoms with Crippen LogP contribution in [-0.2, 0) is 0 Å². The standard InChI is InChI=1S/C9H14N4OS/c1-5(14)6(2)15-9-7(8(10)11)12-3-4-13-9/h3-6,14H,1-2H3,(H3,10,11). The highest BCUT2D eigenvalue weighted by atomic mass is 32.2. The van der Waals surface area contributed by atoms with Crippen LogP contribution in [-0.4, -0.2) is 32.3 Å². The molecule has 0 amide bonds. The van der Waals surface area contributed by atoms with E-state index < -0.39 is 6.10 Å². The number of nitrogens with zero attached hydrogens (tertiary/aromatic N) is 2. The van der Waals surface area contributed by atoms with Crippen molar-refractivity contribution < 1.29 is 5.11 Å². The molecule has 0 aliphatic rings. The summed E-state index contributed by atoms with van der Waals surface area (Å²) in [5.41, 5.74) is 5.74. The number of nitrogen functional groups attached to an aromatic ring is 1.